The predicted molar refractivity (Wildman–Crippen MR) is 98.9 cm³/mol. The zero-order valence-electron chi connectivity index (χ0n) is 14.8. The molecule has 0 saturated carbocycles. The molecular weight excluding hydrogens is 302 g/mol. The number of guanidine groups is 1. The van der Waals surface area contributed by atoms with Crippen LogP contribution in [0.2, 0.25) is 0 Å². The summed E-state index contributed by atoms with van der Waals surface area (Å²) in [5.41, 5.74) is 1.32. The fraction of sp³-hybridized carbons (Fsp3) is 0.526. The molecule has 1 aliphatic rings. The zero-order chi connectivity index (χ0) is 17.3. The SMILES string of the molecule is C=CCNC(=NCC1(c2ccc(OC)cc2)CCOCC1)NCC. The van der Waals surface area contributed by atoms with Gasteiger partial charge in [0.25, 0.3) is 0 Å². The van der Waals surface area contributed by atoms with Gasteiger partial charge in [0.15, 0.2) is 5.96 Å². The number of ether oxygens (including phenoxy) is 2. The summed E-state index contributed by atoms with van der Waals surface area (Å²) < 4.78 is 10.9. The van der Waals surface area contributed by atoms with Gasteiger partial charge in [0.2, 0.25) is 0 Å². The summed E-state index contributed by atoms with van der Waals surface area (Å²) in [7, 11) is 1.69. The van der Waals surface area contributed by atoms with Gasteiger partial charge in [-0.05, 0) is 37.5 Å². The number of methoxy groups -OCH3 is 1. The van der Waals surface area contributed by atoms with Crippen molar-refractivity contribution in [3.05, 3.63) is 42.5 Å². The lowest BCUT2D eigenvalue weighted by Crippen LogP contribution is -2.41. The number of hydrogen-bond acceptors (Lipinski definition) is 3. The number of nitrogens with one attached hydrogen (secondary N) is 2. The fourth-order valence-corrected chi connectivity index (χ4v) is 2.99. The Labute approximate surface area is 145 Å². The van der Waals surface area contributed by atoms with Crippen LogP contribution in [0.5, 0.6) is 5.75 Å². The standard InChI is InChI=1S/C19H29N3O2/c1-4-12-21-18(20-5-2)22-15-19(10-13-24-14-11-19)16-6-8-17(23-3)9-7-16/h4,6-9H,1,5,10-15H2,2-3H3,(H2,20,21,22). The third kappa shape index (κ3) is 4.74. The highest BCUT2D eigenvalue weighted by Gasteiger charge is 2.34. The van der Waals surface area contributed by atoms with Crippen molar-refractivity contribution in [3.8, 4) is 5.75 Å². The smallest absolute Gasteiger partial charge is 0.191 e. The quantitative estimate of drug-likeness (QED) is 0.458. The largest absolute Gasteiger partial charge is 0.497 e. The molecule has 0 spiro atoms. The lowest BCUT2D eigenvalue weighted by Gasteiger charge is -2.36. The number of rotatable bonds is 7. The van der Waals surface area contributed by atoms with E-state index in [0.29, 0.717) is 6.54 Å². The van der Waals surface area contributed by atoms with Gasteiger partial charge in [-0.3, -0.25) is 4.99 Å². The van der Waals surface area contributed by atoms with Crippen LogP contribution in [0, 0.1) is 0 Å². The number of benzene rings is 1. The van der Waals surface area contributed by atoms with Crippen molar-refractivity contribution in [1.82, 2.24) is 10.6 Å². The van der Waals surface area contributed by atoms with E-state index in [0.717, 1.165) is 50.9 Å². The van der Waals surface area contributed by atoms with Crippen LogP contribution in [0.25, 0.3) is 0 Å². The Morgan fingerprint density at radius 3 is 2.58 bits per heavy atom. The van der Waals surface area contributed by atoms with Gasteiger partial charge in [-0.1, -0.05) is 18.2 Å². The molecule has 132 valence electrons. The Balaban J connectivity index is 2.20. The third-order valence-corrected chi connectivity index (χ3v) is 4.45. The molecule has 0 unspecified atom stereocenters. The van der Waals surface area contributed by atoms with Gasteiger partial charge in [0, 0.05) is 31.7 Å². The number of hydrogen-bond donors (Lipinski definition) is 2. The van der Waals surface area contributed by atoms with Crippen LogP contribution in [0.1, 0.15) is 25.3 Å². The van der Waals surface area contributed by atoms with Gasteiger partial charge >= 0.3 is 0 Å². The summed E-state index contributed by atoms with van der Waals surface area (Å²) >= 11 is 0. The molecule has 0 aromatic heterocycles. The second-order valence-electron chi connectivity index (χ2n) is 5.99. The van der Waals surface area contributed by atoms with Crippen LogP contribution in [-0.4, -0.2) is 45.9 Å². The molecule has 1 heterocycles. The van der Waals surface area contributed by atoms with E-state index in [2.05, 4.69) is 36.3 Å². The Kier molecular flexibility index (Phi) is 7.12. The van der Waals surface area contributed by atoms with Gasteiger partial charge in [-0.15, -0.1) is 6.58 Å². The van der Waals surface area contributed by atoms with Crippen molar-refractivity contribution in [3.63, 3.8) is 0 Å². The van der Waals surface area contributed by atoms with Crippen LogP contribution in [-0.2, 0) is 10.2 Å². The molecule has 1 aromatic carbocycles. The average molecular weight is 331 g/mol. The maximum absolute atomic E-state index is 5.59. The van der Waals surface area contributed by atoms with Gasteiger partial charge in [-0.25, -0.2) is 0 Å². The van der Waals surface area contributed by atoms with Crippen LogP contribution in [0.4, 0.5) is 0 Å². The highest BCUT2D eigenvalue weighted by atomic mass is 16.5. The van der Waals surface area contributed by atoms with Gasteiger partial charge < -0.3 is 20.1 Å². The molecule has 0 atom stereocenters. The molecule has 1 aliphatic heterocycles. The minimum absolute atomic E-state index is 0.0149. The van der Waals surface area contributed by atoms with E-state index in [4.69, 9.17) is 14.5 Å². The first-order valence-electron chi connectivity index (χ1n) is 8.59. The molecule has 0 bridgehead atoms. The van der Waals surface area contributed by atoms with Crippen LogP contribution >= 0.6 is 0 Å². The molecule has 1 aromatic rings. The lowest BCUT2D eigenvalue weighted by molar-refractivity contribution is 0.0531. The van der Waals surface area contributed by atoms with E-state index in [1.807, 2.05) is 18.2 Å². The summed E-state index contributed by atoms with van der Waals surface area (Å²) in [6.45, 7) is 9.63. The minimum atomic E-state index is 0.0149. The van der Waals surface area contributed by atoms with Crippen molar-refractivity contribution >= 4 is 5.96 Å². The molecule has 0 radical (unpaired) electrons. The summed E-state index contributed by atoms with van der Waals surface area (Å²) in [6.07, 6.45) is 3.79. The highest BCUT2D eigenvalue weighted by Crippen LogP contribution is 2.36. The minimum Gasteiger partial charge on any atom is -0.497 e. The van der Waals surface area contributed by atoms with Crippen molar-refractivity contribution < 1.29 is 9.47 Å². The monoisotopic (exact) mass is 331 g/mol. The number of aliphatic imine (C=N–C) groups is 1. The Bertz CT molecular complexity index is 534. The summed E-state index contributed by atoms with van der Waals surface area (Å²) in [5, 5.41) is 6.55. The van der Waals surface area contributed by atoms with Gasteiger partial charge in [0.1, 0.15) is 5.75 Å². The van der Waals surface area contributed by atoms with Crippen molar-refractivity contribution in [1.29, 1.82) is 0 Å². The van der Waals surface area contributed by atoms with E-state index in [9.17, 15) is 0 Å². The second-order valence-corrected chi connectivity index (χ2v) is 5.99. The normalized spacial score (nSPS) is 17.2. The fourth-order valence-electron chi connectivity index (χ4n) is 2.99. The highest BCUT2D eigenvalue weighted by molar-refractivity contribution is 5.79. The first-order valence-corrected chi connectivity index (χ1v) is 8.59. The molecular formula is C19H29N3O2. The first-order chi connectivity index (χ1) is 11.7. The Morgan fingerprint density at radius 1 is 1.29 bits per heavy atom. The second kappa shape index (κ2) is 9.33. The summed E-state index contributed by atoms with van der Waals surface area (Å²) in [4.78, 5) is 4.83. The average Bonchev–Trinajstić information content (AvgIpc) is 2.65. The topological polar surface area (TPSA) is 54.9 Å². The molecule has 0 amide bonds. The van der Waals surface area contributed by atoms with Crippen LogP contribution in [0.3, 0.4) is 0 Å². The Morgan fingerprint density at radius 2 is 2.00 bits per heavy atom. The van der Waals surface area contributed by atoms with Crippen molar-refractivity contribution in [2.24, 2.45) is 4.99 Å². The molecule has 24 heavy (non-hydrogen) atoms. The molecule has 0 aliphatic carbocycles. The zero-order valence-corrected chi connectivity index (χ0v) is 14.8. The number of nitrogens with zero attached hydrogens (tertiary/aromatic N) is 1. The summed E-state index contributed by atoms with van der Waals surface area (Å²) in [6, 6.07) is 8.36. The molecule has 1 fully saturated rings. The van der Waals surface area contributed by atoms with Crippen LogP contribution < -0.4 is 15.4 Å². The molecule has 2 rings (SSSR count). The summed E-state index contributed by atoms with van der Waals surface area (Å²) in [5.74, 6) is 1.71. The van der Waals surface area contributed by atoms with E-state index in [1.165, 1.54) is 5.56 Å². The molecule has 5 heteroatoms. The van der Waals surface area contributed by atoms with Crippen molar-refractivity contribution in [2.45, 2.75) is 25.2 Å². The van der Waals surface area contributed by atoms with E-state index >= 15 is 0 Å². The predicted octanol–water partition coefficient (Wildman–Crippen LogP) is 2.48. The van der Waals surface area contributed by atoms with Crippen LogP contribution in [0.15, 0.2) is 41.9 Å². The molecule has 2 N–H and O–H groups in total. The van der Waals surface area contributed by atoms with Gasteiger partial charge in [0.05, 0.1) is 13.7 Å². The van der Waals surface area contributed by atoms with E-state index in [1.54, 1.807) is 7.11 Å². The van der Waals surface area contributed by atoms with Gasteiger partial charge in [-0.2, -0.15) is 0 Å². The van der Waals surface area contributed by atoms with E-state index < -0.39 is 0 Å². The maximum Gasteiger partial charge on any atom is 0.191 e. The maximum atomic E-state index is 5.59. The Hall–Kier alpha value is -2.01. The van der Waals surface area contributed by atoms with E-state index in [-0.39, 0.29) is 5.41 Å². The first kappa shape index (κ1) is 18.3. The lowest BCUT2D eigenvalue weighted by atomic mass is 9.74. The molecule has 5 nitrogen and oxygen atoms in total. The van der Waals surface area contributed by atoms with Crippen molar-refractivity contribution in [2.75, 3.05) is 40.0 Å². The third-order valence-electron chi connectivity index (χ3n) is 4.45. The molecule has 1 saturated heterocycles.